The molecule has 4 heterocycles. The third kappa shape index (κ3) is 2.95. The normalized spacial score (nSPS) is 24.9. The minimum absolute atomic E-state index is 0.156. The first kappa shape index (κ1) is 17.2. The molecule has 13 nitrogen and oxygen atoms in total. The van der Waals surface area contributed by atoms with E-state index in [4.69, 9.17) is 10.3 Å². The first-order valence-electron chi connectivity index (χ1n) is 7.94. The van der Waals surface area contributed by atoms with E-state index >= 15 is 0 Å². The fraction of sp³-hybridized carbons (Fsp3) is 0.357. The van der Waals surface area contributed by atoms with Gasteiger partial charge in [0.25, 0.3) is 0 Å². The van der Waals surface area contributed by atoms with Crippen LogP contribution >= 0.6 is 0 Å². The Labute approximate surface area is 150 Å². The summed E-state index contributed by atoms with van der Waals surface area (Å²) in [7, 11) is 0. The van der Waals surface area contributed by atoms with Gasteiger partial charge in [-0.05, 0) is 16.7 Å². The van der Waals surface area contributed by atoms with Gasteiger partial charge in [-0.25, -0.2) is 15.0 Å². The van der Waals surface area contributed by atoms with Crippen molar-refractivity contribution in [2.45, 2.75) is 24.5 Å². The molecule has 0 amide bonds. The van der Waals surface area contributed by atoms with Crippen LogP contribution in [0, 0.1) is 0 Å². The number of hydrogen-bond acceptors (Lipinski definition) is 9. The molecule has 1 saturated heterocycles. The van der Waals surface area contributed by atoms with Gasteiger partial charge in [0.2, 0.25) is 5.95 Å². The first-order chi connectivity index (χ1) is 13.1. The van der Waals surface area contributed by atoms with Gasteiger partial charge in [0.15, 0.2) is 23.2 Å². The van der Waals surface area contributed by atoms with Crippen LogP contribution in [0.2, 0.25) is 0 Å². The summed E-state index contributed by atoms with van der Waals surface area (Å²) in [4.78, 5) is 18.1. The Balaban J connectivity index is 1.81. The fourth-order valence-corrected chi connectivity index (χ4v) is 2.91. The minimum atomic E-state index is -1.31. The van der Waals surface area contributed by atoms with Crippen molar-refractivity contribution in [3.05, 3.63) is 35.2 Å². The molecule has 1 fully saturated rings. The van der Waals surface area contributed by atoms with E-state index in [9.17, 15) is 15.3 Å². The highest BCUT2D eigenvalue weighted by molar-refractivity contribution is 5.86. The summed E-state index contributed by atoms with van der Waals surface area (Å²) in [5.74, 6) is 0.129. The van der Waals surface area contributed by atoms with Crippen LogP contribution in [0.1, 0.15) is 6.23 Å². The number of ether oxygens (including phenoxy) is 1. The van der Waals surface area contributed by atoms with E-state index in [1.807, 2.05) is 0 Å². The van der Waals surface area contributed by atoms with Gasteiger partial charge >= 0.3 is 0 Å². The van der Waals surface area contributed by atoms with E-state index in [2.05, 4.69) is 35.3 Å². The number of fused-ring (bicyclic) bond motifs is 1. The van der Waals surface area contributed by atoms with Gasteiger partial charge in [-0.2, -0.15) is 0 Å². The van der Waals surface area contributed by atoms with Crippen LogP contribution in [-0.2, 0) is 4.74 Å². The zero-order chi connectivity index (χ0) is 19.0. The van der Waals surface area contributed by atoms with Crippen molar-refractivity contribution in [3.8, 4) is 0 Å². The highest BCUT2D eigenvalue weighted by Crippen LogP contribution is 2.33. The molecule has 4 atom stereocenters. The summed E-state index contributed by atoms with van der Waals surface area (Å²) >= 11 is 0. The SMILES string of the molecule is [N-]=[N+]=Nc1nc(Nc2cc[nH]c2)c2ncn([C@@H]3O[C@H](CO)[C@H](O)[C@@H]3O)c2n1. The predicted octanol–water partition coefficient (Wildman–Crippen LogP) is 0.451. The van der Waals surface area contributed by atoms with Crippen LogP contribution in [-0.4, -0.2) is 64.7 Å². The van der Waals surface area contributed by atoms with E-state index in [0.29, 0.717) is 11.2 Å². The molecule has 5 N–H and O–H groups in total. The Morgan fingerprint density at radius 3 is 2.89 bits per heavy atom. The van der Waals surface area contributed by atoms with E-state index < -0.39 is 31.1 Å². The maximum atomic E-state index is 10.3. The number of aromatic nitrogens is 5. The fourth-order valence-electron chi connectivity index (χ4n) is 2.91. The van der Waals surface area contributed by atoms with Crippen molar-refractivity contribution in [2.75, 3.05) is 11.9 Å². The van der Waals surface area contributed by atoms with Crippen molar-refractivity contribution in [2.24, 2.45) is 5.11 Å². The number of nitrogens with zero attached hydrogens (tertiary/aromatic N) is 7. The molecule has 1 aliphatic heterocycles. The number of H-pyrrole nitrogens is 1. The Kier molecular flexibility index (Phi) is 4.35. The smallest absolute Gasteiger partial charge is 0.220 e. The molecule has 0 spiro atoms. The van der Waals surface area contributed by atoms with Gasteiger partial charge in [-0.3, -0.25) is 4.57 Å². The summed E-state index contributed by atoms with van der Waals surface area (Å²) in [6.07, 6.45) is 0.222. The van der Waals surface area contributed by atoms with Crippen LogP contribution in [0.5, 0.6) is 0 Å². The topological polar surface area (TPSA) is 190 Å². The average Bonchev–Trinajstić information content (AvgIpc) is 3.37. The van der Waals surface area contributed by atoms with Crippen LogP contribution in [0.15, 0.2) is 29.9 Å². The van der Waals surface area contributed by atoms with Gasteiger partial charge in [0, 0.05) is 17.3 Å². The third-order valence-corrected chi connectivity index (χ3v) is 4.20. The molecule has 0 unspecified atom stereocenters. The Hall–Kier alpha value is -3.22. The number of nitrogens with one attached hydrogen (secondary N) is 2. The zero-order valence-electron chi connectivity index (χ0n) is 13.7. The van der Waals surface area contributed by atoms with Crippen LogP contribution in [0.25, 0.3) is 21.6 Å². The average molecular weight is 373 g/mol. The Morgan fingerprint density at radius 2 is 2.22 bits per heavy atom. The molecule has 1 aliphatic rings. The van der Waals surface area contributed by atoms with Gasteiger partial charge in [0.1, 0.15) is 18.3 Å². The van der Waals surface area contributed by atoms with E-state index in [0.717, 1.165) is 0 Å². The van der Waals surface area contributed by atoms with Crippen LogP contribution in [0.4, 0.5) is 17.5 Å². The second-order valence-corrected chi connectivity index (χ2v) is 5.84. The van der Waals surface area contributed by atoms with Crippen molar-refractivity contribution in [3.63, 3.8) is 0 Å². The molecule has 0 aliphatic carbocycles. The lowest BCUT2D eigenvalue weighted by atomic mass is 10.1. The molecule has 140 valence electrons. The molecule has 0 radical (unpaired) electrons. The number of rotatable bonds is 5. The van der Waals surface area contributed by atoms with Gasteiger partial charge in [-0.1, -0.05) is 0 Å². The zero-order valence-corrected chi connectivity index (χ0v) is 13.7. The number of azide groups is 1. The molecule has 0 aromatic carbocycles. The number of imidazole rings is 1. The molecular weight excluding hydrogens is 358 g/mol. The van der Waals surface area contributed by atoms with Crippen LogP contribution < -0.4 is 5.32 Å². The monoisotopic (exact) mass is 373 g/mol. The first-order valence-corrected chi connectivity index (χ1v) is 7.94. The van der Waals surface area contributed by atoms with Crippen molar-refractivity contribution in [1.29, 1.82) is 0 Å². The van der Waals surface area contributed by atoms with Gasteiger partial charge < -0.3 is 30.4 Å². The molecule has 13 heteroatoms. The lowest BCUT2D eigenvalue weighted by Gasteiger charge is -2.16. The standard InChI is InChI=1S/C14H15N9O4/c15-22-21-14-19-11(18-6-1-2-16-3-6)8-12(20-14)23(5-17-8)13-10(26)9(25)7(4-24)27-13/h1-3,5,7,9-10,13,16,24-26H,4H2,(H,18,19,20)/t7-,9+,10+,13-/m1/s1. The molecule has 0 bridgehead atoms. The molecule has 4 rings (SSSR count). The molecule has 3 aromatic rings. The second kappa shape index (κ2) is 6.83. The number of aromatic amines is 1. The Morgan fingerprint density at radius 1 is 1.37 bits per heavy atom. The predicted molar refractivity (Wildman–Crippen MR) is 91.2 cm³/mol. The lowest BCUT2D eigenvalue weighted by Crippen LogP contribution is -2.33. The maximum Gasteiger partial charge on any atom is 0.220 e. The number of aliphatic hydroxyl groups excluding tert-OH is 3. The van der Waals surface area contributed by atoms with Gasteiger partial charge in [-0.15, -0.1) is 0 Å². The number of hydrogen-bond donors (Lipinski definition) is 5. The Bertz CT molecular complexity index is 998. The highest BCUT2D eigenvalue weighted by Gasteiger charge is 2.44. The van der Waals surface area contributed by atoms with E-state index in [1.165, 1.54) is 10.9 Å². The van der Waals surface area contributed by atoms with E-state index in [1.54, 1.807) is 18.5 Å². The number of anilines is 2. The van der Waals surface area contributed by atoms with Gasteiger partial charge in [0.05, 0.1) is 18.6 Å². The summed E-state index contributed by atoms with van der Waals surface area (Å²) < 4.78 is 6.91. The summed E-state index contributed by atoms with van der Waals surface area (Å²) in [6, 6.07) is 1.77. The van der Waals surface area contributed by atoms with Crippen molar-refractivity contribution >= 4 is 28.6 Å². The third-order valence-electron chi connectivity index (χ3n) is 4.20. The number of aliphatic hydroxyl groups is 3. The van der Waals surface area contributed by atoms with Crippen molar-refractivity contribution in [1.82, 2.24) is 24.5 Å². The molecule has 0 saturated carbocycles. The molecular formula is C14H15N9O4. The van der Waals surface area contributed by atoms with Crippen molar-refractivity contribution < 1.29 is 20.1 Å². The highest BCUT2D eigenvalue weighted by atomic mass is 16.6. The summed E-state index contributed by atoms with van der Waals surface area (Å²) in [5.41, 5.74) is 9.98. The second-order valence-electron chi connectivity index (χ2n) is 5.84. The summed E-state index contributed by atoms with van der Waals surface area (Å²) in [5, 5.41) is 36.0. The molecule has 3 aromatic heterocycles. The maximum absolute atomic E-state index is 10.3. The summed E-state index contributed by atoms with van der Waals surface area (Å²) in [6.45, 7) is -0.458. The van der Waals surface area contributed by atoms with E-state index in [-0.39, 0.29) is 17.4 Å². The lowest BCUT2D eigenvalue weighted by molar-refractivity contribution is -0.0511. The minimum Gasteiger partial charge on any atom is -0.394 e. The van der Waals surface area contributed by atoms with Crippen LogP contribution in [0.3, 0.4) is 0 Å². The molecule has 27 heavy (non-hydrogen) atoms. The largest absolute Gasteiger partial charge is 0.394 e. The quantitative estimate of drug-likeness (QED) is 0.242.